The molecule has 0 aromatic rings. The van der Waals surface area contributed by atoms with Gasteiger partial charge in [0.05, 0.1) is 6.42 Å². The number of unbranched alkanes of at least 4 members (excludes halogenated alkanes) is 2. The Bertz CT molecular complexity index is 274. The van der Waals surface area contributed by atoms with Crippen molar-refractivity contribution in [1.82, 2.24) is 4.90 Å². The molecule has 0 aromatic heterocycles. The van der Waals surface area contributed by atoms with Crippen LogP contribution in [0.1, 0.15) is 45.4 Å². The van der Waals surface area contributed by atoms with Crippen molar-refractivity contribution in [1.29, 1.82) is 0 Å². The van der Waals surface area contributed by atoms with E-state index in [4.69, 9.17) is 9.84 Å². The lowest BCUT2D eigenvalue weighted by Crippen LogP contribution is -2.40. The first-order chi connectivity index (χ1) is 8.65. The molecule has 1 rings (SSSR count). The van der Waals surface area contributed by atoms with E-state index >= 15 is 0 Å². The Kier molecular flexibility index (Phi) is 6.72. The van der Waals surface area contributed by atoms with Crippen molar-refractivity contribution in [2.75, 3.05) is 19.7 Å². The van der Waals surface area contributed by atoms with Crippen molar-refractivity contribution in [3.05, 3.63) is 0 Å². The van der Waals surface area contributed by atoms with Crippen molar-refractivity contribution < 1.29 is 19.4 Å². The number of carboxylic acids is 1. The first-order valence-electron chi connectivity index (χ1n) is 6.77. The van der Waals surface area contributed by atoms with Crippen molar-refractivity contribution in [3.8, 4) is 0 Å². The summed E-state index contributed by atoms with van der Waals surface area (Å²) in [6.07, 6.45) is 4.40. The Morgan fingerprint density at radius 2 is 2.11 bits per heavy atom. The van der Waals surface area contributed by atoms with Crippen molar-refractivity contribution in [2.45, 2.75) is 51.6 Å². The molecule has 1 amide bonds. The van der Waals surface area contributed by atoms with Gasteiger partial charge in [-0.15, -0.1) is 0 Å². The number of carbonyl (C=O) groups is 2. The number of ether oxygens (including phenoxy) is 1. The summed E-state index contributed by atoms with van der Waals surface area (Å²) in [6.45, 7) is 3.67. The first kappa shape index (κ1) is 15.0. The molecule has 1 aliphatic rings. The lowest BCUT2D eigenvalue weighted by Gasteiger charge is -2.24. The Labute approximate surface area is 108 Å². The maximum absolute atomic E-state index is 12.2. The van der Waals surface area contributed by atoms with Crippen molar-refractivity contribution in [3.63, 3.8) is 0 Å². The quantitative estimate of drug-likeness (QED) is 0.671. The fraction of sp³-hybridized carbons (Fsp3) is 0.846. The number of carbonyl (C=O) groups excluding carboxylic acids is 1. The Hall–Kier alpha value is -1.10. The van der Waals surface area contributed by atoms with Crippen LogP contribution in [0.2, 0.25) is 0 Å². The van der Waals surface area contributed by atoms with Crippen LogP contribution in [0.3, 0.4) is 0 Å². The SMILES string of the molecule is CCCCCN(CCC(=O)O)C(=O)C1CCCO1. The third-order valence-corrected chi connectivity index (χ3v) is 3.14. The van der Waals surface area contributed by atoms with Crippen LogP contribution in [-0.2, 0) is 14.3 Å². The predicted octanol–water partition coefficient (Wildman–Crippen LogP) is 1.66. The van der Waals surface area contributed by atoms with Crippen LogP contribution < -0.4 is 0 Å². The Morgan fingerprint density at radius 3 is 2.67 bits per heavy atom. The summed E-state index contributed by atoms with van der Waals surface area (Å²) in [5, 5.41) is 8.71. The Balaban J connectivity index is 2.45. The molecule has 1 aliphatic heterocycles. The van der Waals surface area contributed by atoms with Crippen LogP contribution >= 0.6 is 0 Å². The molecule has 0 radical (unpaired) electrons. The minimum atomic E-state index is -0.865. The standard InChI is InChI=1S/C13H23NO4/c1-2-3-4-8-14(9-7-12(15)16)13(17)11-6-5-10-18-11/h11H,2-10H2,1H3,(H,15,16). The summed E-state index contributed by atoms with van der Waals surface area (Å²) in [5.74, 6) is -0.902. The summed E-state index contributed by atoms with van der Waals surface area (Å²) >= 11 is 0. The topological polar surface area (TPSA) is 66.8 Å². The first-order valence-corrected chi connectivity index (χ1v) is 6.77. The molecule has 0 aromatic carbocycles. The van der Waals surface area contributed by atoms with E-state index in [1.807, 2.05) is 0 Å². The van der Waals surface area contributed by atoms with Gasteiger partial charge in [-0.05, 0) is 19.3 Å². The van der Waals surface area contributed by atoms with Crippen LogP contribution in [-0.4, -0.2) is 47.7 Å². The number of rotatable bonds is 8. The monoisotopic (exact) mass is 257 g/mol. The molecule has 0 spiro atoms. The number of hydrogen-bond donors (Lipinski definition) is 1. The van der Waals surface area contributed by atoms with Gasteiger partial charge in [0.15, 0.2) is 0 Å². The van der Waals surface area contributed by atoms with E-state index in [1.54, 1.807) is 4.90 Å². The van der Waals surface area contributed by atoms with Gasteiger partial charge in [0.1, 0.15) is 6.10 Å². The Morgan fingerprint density at radius 1 is 1.33 bits per heavy atom. The summed E-state index contributed by atoms with van der Waals surface area (Å²) < 4.78 is 5.37. The molecule has 1 atom stereocenters. The van der Waals surface area contributed by atoms with Crippen LogP contribution in [0.4, 0.5) is 0 Å². The largest absolute Gasteiger partial charge is 0.481 e. The highest BCUT2D eigenvalue weighted by molar-refractivity contribution is 5.81. The van der Waals surface area contributed by atoms with Gasteiger partial charge in [0, 0.05) is 19.7 Å². The highest BCUT2D eigenvalue weighted by Crippen LogP contribution is 2.15. The number of carboxylic acid groups (broad SMARTS) is 1. The molecule has 5 heteroatoms. The molecule has 104 valence electrons. The fourth-order valence-electron chi connectivity index (χ4n) is 2.09. The zero-order valence-electron chi connectivity index (χ0n) is 11.1. The van der Waals surface area contributed by atoms with Crippen LogP contribution in [0.25, 0.3) is 0 Å². The molecule has 0 aliphatic carbocycles. The van der Waals surface area contributed by atoms with Gasteiger partial charge < -0.3 is 14.7 Å². The molecule has 1 saturated heterocycles. The lowest BCUT2D eigenvalue weighted by atomic mass is 10.2. The number of hydrogen-bond acceptors (Lipinski definition) is 3. The second-order valence-electron chi connectivity index (χ2n) is 4.68. The van der Waals surface area contributed by atoms with E-state index in [9.17, 15) is 9.59 Å². The molecule has 5 nitrogen and oxygen atoms in total. The average Bonchev–Trinajstić information content (AvgIpc) is 2.86. The van der Waals surface area contributed by atoms with Gasteiger partial charge in [-0.3, -0.25) is 9.59 Å². The van der Waals surface area contributed by atoms with Crippen LogP contribution in [0, 0.1) is 0 Å². The number of amides is 1. The summed E-state index contributed by atoms with van der Waals surface area (Å²) in [7, 11) is 0. The van der Waals surface area contributed by atoms with E-state index in [1.165, 1.54) is 0 Å². The predicted molar refractivity (Wildman–Crippen MR) is 67.3 cm³/mol. The van der Waals surface area contributed by atoms with Gasteiger partial charge in [-0.2, -0.15) is 0 Å². The average molecular weight is 257 g/mol. The smallest absolute Gasteiger partial charge is 0.305 e. The van der Waals surface area contributed by atoms with E-state index in [0.717, 1.165) is 32.1 Å². The molecule has 1 fully saturated rings. The van der Waals surface area contributed by atoms with Gasteiger partial charge in [0.25, 0.3) is 5.91 Å². The normalized spacial score (nSPS) is 18.8. The highest BCUT2D eigenvalue weighted by Gasteiger charge is 2.28. The number of aliphatic carboxylic acids is 1. The molecule has 1 unspecified atom stereocenters. The minimum Gasteiger partial charge on any atom is -0.481 e. The maximum atomic E-state index is 12.2. The zero-order valence-corrected chi connectivity index (χ0v) is 11.1. The van der Waals surface area contributed by atoms with Crippen molar-refractivity contribution in [2.24, 2.45) is 0 Å². The molecule has 1 heterocycles. The zero-order chi connectivity index (χ0) is 13.4. The van der Waals surface area contributed by atoms with E-state index < -0.39 is 5.97 Å². The van der Waals surface area contributed by atoms with E-state index in [0.29, 0.717) is 13.2 Å². The van der Waals surface area contributed by atoms with Gasteiger partial charge >= 0.3 is 5.97 Å². The van der Waals surface area contributed by atoms with Crippen LogP contribution in [0.15, 0.2) is 0 Å². The summed E-state index contributed by atoms with van der Waals surface area (Å²) in [5.41, 5.74) is 0. The fourth-order valence-corrected chi connectivity index (χ4v) is 2.09. The highest BCUT2D eigenvalue weighted by atomic mass is 16.5. The maximum Gasteiger partial charge on any atom is 0.305 e. The molecular formula is C13H23NO4. The molecular weight excluding hydrogens is 234 g/mol. The van der Waals surface area contributed by atoms with Crippen molar-refractivity contribution >= 4 is 11.9 Å². The molecule has 0 saturated carbocycles. The summed E-state index contributed by atoms with van der Waals surface area (Å²) in [4.78, 5) is 24.4. The third-order valence-electron chi connectivity index (χ3n) is 3.14. The second kappa shape index (κ2) is 8.08. The molecule has 1 N–H and O–H groups in total. The minimum absolute atomic E-state index is 0.00455. The molecule has 0 bridgehead atoms. The van der Waals surface area contributed by atoms with Crippen LogP contribution in [0.5, 0.6) is 0 Å². The lowest BCUT2D eigenvalue weighted by molar-refractivity contribution is -0.143. The number of nitrogens with zero attached hydrogens (tertiary/aromatic N) is 1. The van der Waals surface area contributed by atoms with E-state index in [2.05, 4.69) is 6.92 Å². The third kappa shape index (κ3) is 5.04. The van der Waals surface area contributed by atoms with Gasteiger partial charge in [0.2, 0.25) is 0 Å². The van der Waals surface area contributed by atoms with Gasteiger partial charge in [-0.25, -0.2) is 0 Å². The molecule has 18 heavy (non-hydrogen) atoms. The van der Waals surface area contributed by atoms with E-state index in [-0.39, 0.29) is 25.0 Å². The van der Waals surface area contributed by atoms with Gasteiger partial charge in [-0.1, -0.05) is 19.8 Å². The summed E-state index contributed by atoms with van der Waals surface area (Å²) in [6, 6.07) is 0. The second-order valence-corrected chi connectivity index (χ2v) is 4.68.